The highest BCUT2D eigenvalue weighted by Crippen LogP contribution is 2.37. The Kier molecular flexibility index (Phi) is 5.96. The number of phenolic OH excluding ortho intramolecular Hbond substituents is 1. The molecule has 0 aliphatic carbocycles. The van der Waals surface area contributed by atoms with Crippen LogP contribution in [0.5, 0.6) is 11.5 Å². The van der Waals surface area contributed by atoms with Gasteiger partial charge in [-0.05, 0) is 64.1 Å². The van der Waals surface area contributed by atoms with Gasteiger partial charge in [0.25, 0.3) is 5.91 Å². The van der Waals surface area contributed by atoms with E-state index in [-0.39, 0.29) is 11.7 Å². The second-order valence-electron chi connectivity index (χ2n) is 5.12. The monoisotopic (exact) mass is 516 g/mol. The number of phenols is 1. The van der Waals surface area contributed by atoms with E-state index in [0.717, 1.165) is 16.2 Å². The zero-order chi connectivity index (χ0) is 18.8. The number of methoxy groups -OCH3 is 1. The number of rotatable bonds is 3. The molecule has 1 saturated heterocycles. The molecule has 2 aromatic carbocycles. The van der Waals surface area contributed by atoms with Gasteiger partial charge in [0.1, 0.15) is 17.2 Å². The molecule has 0 unspecified atom stereocenters. The molecule has 1 heterocycles. The molecule has 0 bridgehead atoms. The van der Waals surface area contributed by atoms with Crippen molar-refractivity contribution < 1.29 is 14.6 Å². The van der Waals surface area contributed by atoms with Gasteiger partial charge in [-0.3, -0.25) is 4.79 Å². The van der Waals surface area contributed by atoms with E-state index in [0.29, 0.717) is 36.6 Å². The summed E-state index contributed by atoms with van der Waals surface area (Å²) in [5.74, 6) is 0.295. The SMILES string of the molecule is COc1ccc(Cl)cc1N=C1NC(=O)/C(=C/c2cc(Br)cc(Br)c2O)S1. The molecule has 0 aromatic heterocycles. The molecular weight excluding hydrogens is 508 g/mol. The molecular formula is C17H11Br2ClN2O3S. The van der Waals surface area contributed by atoms with Crippen LogP contribution in [0.4, 0.5) is 5.69 Å². The maximum atomic E-state index is 12.2. The van der Waals surface area contributed by atoms with Gasteiger partial charge in [-0.1, -0.05) is 27.5 Å². The van der Waals surface area contributed by atoms with Crippen molar-refractivity contribution in [3.8, 4) is 11.5 Å². The number of carbonyl (C=O) groups is 1. The van der Waals surface area contributed by atoms with Crippen LogP contribution in [0.1, 0.15) is 5.56 Å². The Morgan fingerprint density at radius 1 is 1.31 bits per heavy atom. The topological polar surface area (TPSA) is 70.9 Å². The van der Waals surface area contributed by atoms with Crippen molar-refractivity contribution in [2.24, 2.45) is 4.99 Å². The smallest absolute Gasteiger partial charge is 0.264 e. The number of amides is 1. The largest absolute Gasteiger partial charge is 0.506 e. The summed E-state index contributed by atoms with van der Waals surface area (Å²) in [5, 5.41) is 13.8. The number of amidine groups is 1. The Morgan fingerprint density at radius 2 is 2.08 bits per heavy atom. The maximum Gasteiger partial charge on any atom is 0.264 e. The van der Waals surface area contributed by atoms with Crippen LogP contribution in [0.2, 0.25) is 5.02 Å². The molecule has 2 aromatic rings. The van der Waals surface area contributed by atoms with E-state index in [1.54, 1.807) is 36.4 Å². The van der Waals surface area contributed by atoms with E-state index in [1.165, 1.54) is 7.11 Å². The molecule has 2 N–H and O–H groups in total. The molecule has 3 rings (SSSR count). The third-order valence-corrected chi connectivity index (χ3v) is 5.57. The summed E-state index contributed by atoms with van der Waals surface area (Å²) in [5.41, 5.74) is 1.02. The van der Waals surface area contributed by atoms with Crippen molar-refractivity contribution in [3.05, 3.63) is 54.8 Å². The molecule has 1 fully saturated rings. The minimum Gasteiger partial charge on any atom is -0.506 e. The minimum atomic E-state index is -0.301. The van der Waals surface area contributed by atoms with Crippen molar-refractivity contribution in [3.63, 3.8) is 0 Å². The maximum absolute atomic E-state index is 12.2. The molecule has 9 heteroatoms. The number of hydrogen-bond donors (Lipinski definition) is 2. The van der Waals surface area contributed by atoms with Crippen molar-refractivity contribution in [2.45, 2.75) is 0 Å². The number of carbonyl (C=O) groups excluding carboxylic acids is 1. The Hall–Kier alpha value is -1.48. The molecule has 26 heavy (non-hydrogen) atoms. The van der Waals surface area contributed by atoms with Crippen molar-refractivity contribution in [2.75, 3.05) is 7.11 Å². The highest BCUT2D eigenvalue weighted by molar-refractivity contribution is 9.11. The molecule has 134 valence electrons. The van der Waals surface area contributed by atoms with Crippen LogP contribution in [-0.4, -0.2) is 23.3 Å². The lowest BCUT2D eigenvalue weighted by molar-refractivity contribution is -0.115. The van der Waals surface area contributed by atoms with Crippen LogP contribution in [0.15, 0.2) is 49.2 Å². The van der Waals surface area contributed by atoms with E-state index in [9.17, 15) is 9.90 Å². The van der Waals surface area contributed by atoms with Gasteiger partial charge in [-0.15, -0.1) is 0 Å². The summed E-state index contributed by atoms with van der Waals surface area (Å²) < 4.78 is 6.56. The number of halogens is 3. The molecule has 0 spiro atoms. The first kappa shape index (κ1) is 19.3. The van der Waals surface area contributed by atoms with Crippen molar-refractivity contribution >= 4 is 78.1 Å². The summed E-state index contributed by atoms with van der Waals surface area (Å²) in [4.78, 5) is 17.1. The van der Waals surface area contributed by atoms with E-state index < -0.39 is 0 Å². The minimum absolute atomic E-state index is 0.0519. The molecule has 1 aliphatic heterocycles. The quantitative estimate of drug-likeness (QED) is 0.529. The van der Waals surface area contributed by atoms with Crippen molar-refractivity contribution in [1.29, 1.82) is 0 Å². The standard InChI is InChI=1S/C17H11Br2ClN2O3S/c1-25-13-3-2-10(20)7-12(13)21-17-22-16(24)14(26-17)5-8-4-9(18)6-11(19)15(8)23/h2-7,23H,1H3,(H,21,22,24)/b14-5-. The fourth-order valence-corrected chi connectivity index (χ4v) is 4.43. The number of aromatic hydroxyl groups is 1. The predicted molar refractivity (Wildman–Crippen MR) is 112 cm³/mol. The number of nitrogens with one attached hydrogen (secondary N) is 1. The van der Waals surface area contributed by atoms with Gasteiger partial charge in [0, 0.05) is 15.1 Å². The van der Waals surface area contributed by atoms with Gasteiger partial charge in [-0.2, -0.15) is 0 Å². The molecule has 5 nitrogen and oxygen atoms in total. The Bertz CT molecular complexity index is 963. The van der Waals surface area contributed by atoms with Gasteiger partial charge < -0.3 is 15.2 Å². The number of aliphatic imine (C=N–C) groups is 1. The predicted octanol–water partition coefficient (Wildman–Crippen LogP) is 5.47. The Morgan fingerprint density at radius 3 is 2.81 bits per heavy atom. The first-order chi connectivity index (χ1) is 12.4. The molecule has 0 saturated carbocycles. The van der Waals surface area contributed by atoms with Gasteiger partial charge >= 0.3 is 0 Å². The average Bonchev–Trinajstić information content (AvgIpc) is 2.91. The number of nitrogens with zero attached hydrogens (tertiary/aromatic N) is 1. The summed E-state index contributed by atoms with van der Waals surface area (Å²) in [6.07, 6.45) is 1.60. The summed E-state index contributed by atoms with van der Waals surface area (Å²) in [6, 6.07) is 8.49. The molecule has 0 radical (unpaired) electrons. The normalized spacial score (nSPS) is 17.0. The highest BCUT2D eigenvalue weighted by atomic mass is 79.9. The van der Waals surface area contributed by atoms with E-state index in [4.69, 9.17) is 16.3 Å². The van der Waals surface area contributed by atoms with Crippen LogP contribution in [0, 0.1) is 0 Å². The first-order valence-corrected chi connectivity index (χ1v) is 9.96. The average molecular weight is 519 g/mol. The fraction of sp³-hybridized carbons (Fsp3) is 0.0588. The first-order valence-electron chi connectivity index (χ1n) is 7.18. The lowest BCUT2D eigenvalue weighted by Crippen LogP contribution is -2.19. The Labute approximate surface area is 175 Å². The van der Waals surface area contributed by atoms with Gasteiger partial charge in [0.2, 0.25) is 0 Å². The van der Waals surface area contributed by atoms with Crippen LogP contribution in [-0.2, 0) is 4.79 Å². The molecule has 1 amide bonds. The van der Waals surface area contributed by atoms with E-state index in [1.807, 2.05) is 0 Å². The van der Waals surface area contributed by atoms with Crippen LogP contribution in [0.25, 0.3) is 6.08 Å². The van der Waals surface area contributed by atoms with Crippen LogP contribution in [0.3, 0.4) is 0 Å². The van der Waals surface area contributed by atoms with Gasteiger partial charge in [-0.25, -0.2) is 4.99 Å². The van der Waals surface area contributed by atoms with Gasteiger partial charge in [0.05, 0.1) is 16.5 Å². The number of thioether (sulfide) groups is 1. The molecule has 0 atom stereocenters. The third-order valence-electron chi connectivity index (χ3n) is 3.36. The highest BCUT2D eigenvalue weighted by Gasteiger charge is 2.25. The summed E-state index contributed by atoms with van der Waals surface area (Å²) >= 11 is 13.8. The zero-order valence-electron chi connectivity index (χ0n) is 13.2. The number of benzene rings is 2. The number of hydrogen-bond acceptors (Lipinski definition) is 5. The second-order valence-corrected chi connectivity index (χ2v) is 8.36. The van der Waals surface area contributed by atoms with Crippen LogP contribution >= 0.6 is 55.2 Å². The van der Waals surface area contributed by atoms with Crippen molar-refractivity contribution in [1.82, 2.24) is 5.32 Å². The van der Waals surface area contributed by atoms with E-state index >= 15 is 0 Å². The fourth-order valence-electron chi connectivity index (χ4n) is 2.18. The lowest BCUT2D eigenvalue weighted by atomic mass is 10.2. The zero-order valence-corrected chi connectivity index (χ0v) is 18.0. The molecule has 1 aliphatic rings. The second kappa shape index (κ2) is 8.04. The Balaban J connectivity index is 1.94. The number of ether oxygens (including phenoxy) is 1. The van der Waals surface area contributed by atoms with Gasteiger partial charge in [0.15, 0.2) is 5.17 Å². The van der Waals surface area contributed by atoms with E-state index in [2.05, 4.69) is 42.2 Å². The summed E-state index contributed by atoms with van der Waals surface area (Å²) in [6.45, 7) is 0. The summed E-state index contributed by atoms with van der Waals surface area (Å²) in [7, 11) is 1.53. The van der Waals surface area contributed by atoms with Crippen LogP contribution < -0.4 is 10.1 Å². The third kappa shape index (κ3) is 4.25. The lowest BCUT2D eigenvalue weighted by Gasteiger charge is -2.05.